The molecule has 0 radical (unpaired) electrons. The van der Waals surface area contributed by atoms with Gasteiger partial charge in [-0.25, -0.2) is 17.6 Å². The Morgan fingerprint density at radius 1 is 1.18 bits per heavy atom. The molecule has 0 atom stereocenters. The third kappa shape index (κ3) is 4.06. The molecule has 0 spiro atoms. The molecule has 0 amide bonds. The zero-order valence-corrected chi connectivity index (χ0v) is 18.8. The second-order valence-electron chi connectivity index (χ2n) is 8.06. The number of carboxylic acids is 1. The van der Waals surface area contributed by atoms with E-state index in [9.17, 15) is 22.7 Å². The highest BCUT2D eigenvalue weighted by Gasteiger charge is 2.30. The number of aromatic carboxylic acids is 1. The van der Waals surface area contributed by atoms with Crippen LogP contribution in [0.2, 0.25) is 0 Å². The molecule has 176 valence electrons. The van der Waals surface area contributed by atoms with Crippen molar-refractivity contribution < 1.29 is 31.9 Å². The topological polar surface area (TPSA) is 109 Å². The molecule has 3 aromatic rings. The van der Waals surface area contributed by atoms with Crippen LogP contribution in [0, 0.1) is 5.82 Å². The molecular formula is C24H21FN2O6S. The summed E-state index contributed by atoms with van der Waals surface area (Å²) in [6.45, 7) is 2.60. The zero-order chi connectivity index (χ0) is 23.9. The van der Waals surface area contributed by atoms with Gasteiger partial charge in [0.25, 0.3) is 10.0 Å². The second-order valence-corrected chi connectivity index (χ2v) is 9.71. The molecule has 0 unspecified atom stereocenters. The Balaban J connectivity index is 1.51. The minimum absolute atomic E-state index is 0.0236. The van der Waals surface area contributed by atoms with E-state index in [0.29, 0.717) is 23.4 Å². The number of halogens is 1. The minimum atomic E-state index is -4.25. The van der Waals surface area contributed by atoms with Crippen LogP contribution in [0.5, 0.6) is 5.75 Å². The number of sulfonamides is 1. The molecule has 1 saturated heterocycles. The molecule has 1 fully saturated rings. The van der Waals surface area contributed by atoms with Gasteiger partial charge in [-0.1, -0.05) is 12.2 Å². The van der Waals surface area contributed by atoms with Gasteiger partial charge in [-0.05, 0) is 61.5 Å². The summed E-state index contributed by atoms with van der Waals surface area (Å²) in [5, 5.41) is 9.87. The van der Waals surface area contributed by atoms with Gasteiger partial charge in [0.2, 0.25) is 0 Å². The highest BCUT2D eigenvalue weighted by Crippen LogP contribution is 2.43. The highest BCUT2D eigenvalue weighted by molar-refractivity contribution is 7.92. The van der Waals surface area contributed by atoms with Gasteiger partial charge in [0.05, 0.1) is 16.8 Å². The molecule has 2 N–H and O–H groups in total. The number of nitrogens with zero attached hydrogens (tertiary/aromatic N) is 1. The van der Waals surface area contributed by atoms with E-state index in [1.54, 1.807) is 24.3 Å². The number of likely N-dealkylation sites (tertiary alicyclic amines) is 1. The number of rotatable bonds is 7. The fourth-order valence-electron chi connectivity index (χ4n) is 4.06. The van der Waals surface area contributed by atoms with Crippen molar-refractivity contribution in [1.29, 1.82) is 0 Å². The average Bonchev–Trinajstić information content (AvgIpc) is 3.23. The molecule has 8 nitrogen and oxygen atoms in total. The van der Waals surface area contributed by atoms with Crippen molar-refractivity contribution in [3.63, 3.8) is 0 Å². The van der Waals surface area contributed by atoms with Crippen molar-refractivity contribution >= 4 is 27.8 Å². The van der Waals surface area contributed by atoms with E-state index in [2.05, 4.69) is 9.62 Å². The first-order valence-corrected chi connectivity index (χ1v) is 12.1. The fourth-order valence-corrected chi connectivity index (χ4v) is 5.31. The number of benzene rings is 2. The molecule has 10 heteroatoms. The molecule has 0 aliphatic carbocycles. The Hall–Kier alpha value is -3.63. The van der Waals surface area contributed by atoms with Crippen LogP contribution in [-0.4, -0.2) is 44.0 Å². The molecule has 2 aliphatic heterocycles. The number of carboxylic acid groups (broad SMARTS) is 1. The first kappa shape index (κ1) is 22.2. The molecule has 0 saturated carbocycles. The fraction of sp³-hybridized carbons (Fsp3) is 0.208. The largest absolute Gasteiger partial charge is 0.484 e. The van der Waals surface area contributed by atoms with Crippen LogP contribution in [0.15, 0.2) is 58.1 Å². The van der Waals surface area contributed by atoms with Gasteiger partial charge in [-0.2, -0.15) is 0 Å². The number of anilines is 1. The Morgan fingerprint density at radius 3 is 2.74 bits per heavy atom. The van der Waals surface area contributed by atoms with Gasteiger partial charge >= 0.3 is 5.97 Å². The van der Waals surface area contributed by atoms with Gasteiger partial charge in [0.1, 0.15) is 29.5 Å². The summed E-state index contributed by atoms with van der Waals surface area (Å²) in [4.78, 5) is 14.1. The number of ether oxygens (including phenoxy) is 1. The summed E-state index contributed by atoms with van der Waals surface area (Å²) in [6.07, 6.45) is 5.94. The van der Waals surface area contributed by atoms with E-state index in [1.807, 2.05) is 0 Å². The summed E-state index contributed by atoms with van der Waals surface area (Å²) in [6, 6.07) is 7.99. The molecule has 0 bridgehead atoms. The molecule has 34 heavy (non-hydrogen) atoms. The molecule has 2 aromatic carbocycles. The number of carbonyl (C=O) groups is 1. The predicted octanol–water partition coefficient (Wildman–Crippen LogP) is 4.20. The first-order valence-electron chi connectivity index (χ1n) is 10.6. The van der Waals surface area contributed by atoms with Crippen molar-refractivity contribution in [2.24, 2.45) is 0 Å². The summed E-state index contributed by atoms with van der Waals surface area (Å²) in [5.74, 6) is -1.32. The van der Waals surface area contributed by atoms with Crippen LogP contribution < -0.4 is 9.46 Å². The number of hydrogen-bond donors (Lipinski definition) is 2. The molecule has 2 aliphatic rings. The van der Waals surface area contributed by atoms with Gasteiger partial charge < -0.3 is 14.3 Å². The lowest BCUT2D eigenvalue weighted by Gasteiger charge is -2.29. The van der Waals surface area contributed by atoms with Crippen LogP contribution >= 0.6 is 0 Å². The molecule has 5 rings (SSSR count). The number of hydrogen-bond acceptors (Lipinski definition) is 6. The Labute approximate surface area is 195 Å². The van der Waals surface area contributed by atoms with Crippen molar-refractivity contribution in [1.82, 2.24) is 4.90 Å². The summed E-state index contributed by atoms with van der Waals surface area (Å²) in [5.41, 5.74) is 0.878. The quantitative estimate of drug-likeness (QED) is 0.517. The number of nitrogens with one attached hydrogen (secondary N) is 1. The highest BCUT2D eigenvalue weighted by atomic mass is 32.2. The second kappa shape index (κ2) is 8.62. The van der Waals surface area contributed by atoms with E-state index in [-0.39, 0.29) is 34.1 Å². The maximum atomic E-state index is 13.9. The lowest BCUT2D eigenvalue weighted by molar-refractivity contribution is 0.0692. The van der Waals surface area contributed by atoms with Gasteiger partial charge in [-0.15, -0.1) is 0 Å². The van der Waals surface area contributed by atoms with Crippen LogP contribution in [-0.2, 0) is 16.6 Å². The van der Waals surface area contributed by atoms with Crippen molar-refractivity contribution in [3.8, 4) is 16.9 Å². The normalized spacial score (nSPS) is 15.3. The lowest BCUT2D eigenvalue weighted by atomic mass is 9.98. The standard InChI is InChI=1S/C24H21FN2O6S/c25-16-4-7-21(15(13-16)3-1-9-27-10-2-11-27)34(30,31)26-19-6-5-18-17-8-12-32-20(17)14-33-23(18)22(19)24(28)29/h1,3-8,12-13,26H,2,9-11,14H2,(H,28,29)/b3-1-. The smallest absolute Gasteiger partial charge is 0.341 e. The van der Waals surface area contributed by atoms with Crippen molar-refractivity contribution in [2.45, 2.75) is 17.9 Å². The summed E-state index contributed by atoms with van der Waals surface area (Å²) >= 11 is 0. The minimum Gasteiger partial charge on any atom is -0.484 e. The summed E-state index contributed by atoms with van der Waals surface area (Å²) in [7, 11) is -4.25. The lowest BCUT2D eigenvalue weighted by Crippen LogP contribution is -2.36. The Kier molecular flexibility index (Phi) is 5.62. The monoisotopic (exact) mass is 484 g/mol. The molecular weight excluding hydrogens is 463 g/mol. The third-order valence-corrected chi connectivity index (χ3v) is 7.31. The molecule has 3 heterocycles. The summed E-state index contributed by atoms with van der Waals surface area (Å²) < 4.78 is 53.8. The number of furan rings is 1. The Morgan fingerprint density at radius 2 is 2.00 bits per heavy atom. The average molecular weight is 485 g/mol. The van der Waals surface area contributed by atoms with Gasteiger partial charge in [0.15, 0.2) is 0 Å². The van der Waals surface area contributed by atoms with Crippen LogP contribution in [0.25, 0.3) is 17.2 Å². The van der Waals surface area contributed by atoms with Crippen LogP contribution in [0.4, 0.5) is 10.1 Å². The van der Waals surface area contributed by atoms with E-state index in [4.69, 9.17) is 9.15 Å². The molecule has 1 aromatic heterocycles. The SMILES string of the molecule is O=C(O)c1c(NS(=O)(=O)c2ccc(F)cc2/C=C\CN2CCC2)ccc2c1OCc1occc1-2. The van der Waals surface area contributed by atoms with E-state index in [0.717, 1.165) is 37.7 Å². The number of fused-ring (bicyclic) bond motifs is 3. The van der Waals surface area contributed by atoms with Gasteiger partial charge in [-0.3, -0.25) is 9.62 Å². The predicted molar refractivity (Wildman–Crippen MR) is 123 cm³/mol. The third-order valence-electron chi connectivity index (χ3n) is 5.87. The van der Waals surface area contributed by atoms with E-state index in [1.165, 1.54) is 12.3 Å². The Bertz CT molecular complexity index is 1410. The van der Waals surface area contributed by atoms with Crippen molar-refractivity contribution in [3.05, 3.63) is 71.4 Å². The first-order chi connectivity index (χ1) is 16.3. The van der Waals surface area contributed by atoms with E-state index >= 15 is 0 Å². The van der Waals surface area contributed by atoms with Gasteiger partial charge in [0, 0.05) is 17.7 Å². The van der Waals surface area contributed by atoms with Crippen LogP contribution in [0.1, 0.15) is 28.1 Å². The van der Waals surface area contributed by atoms with E-state index < -0.39 is 21.8 Å². The van der Waals surface area contributed by atoms with Crippen LogP contribution in [0.3, 0.4) is 0 Å². The van der Waals surface area contributed by atoms with Crippen molar-refractivity contribution in [2.75, 3.05) is 24.4 Å². The maximum absolute atomic E-state index is 13.9. The zero-order valence-electron chi connectivity index (χ0n) is 18.0. The maximum Gasteiger partial charge on any atom is 0.341 e.